The molecule has 2 aliphatic rings. The summed E-state index contributed by atoms with van der Waals surface area (Å²) in [4.78, 5) is 24.1. The van der Waals surface area contributed by atoms with Crippen molar-refractivity contribution < 1.29 is 0 Å². The first-order chi connectivity index (χ1) is 8.72. The van der Waals surface area contributed by atoms with Gasteiger partial charge in [-0.25, -0.2) is 4.68 Å². The number of nitrogens with zero attached hydrogens (tertiary/aromatic N) is 3. The number of hydrogen-bond donors (Lipinski definition) is 0. The summed E-state index contributed by atoms with van der Waals surface area (Å²) in [6, 6.07) is 0.171. The molecule has 0 aromatic carbocycles. The van der Waals surface area contributed by atoms with Crippen LogP contribution in [0.4, 0.5) is 0 Å². The van der Waals surface area contributed by atoms with Crippen LogP contribution in [-0.4, -0.2) is 19.6 Å². The van der Waals surface area contributed by atoms with E-state index in [1.165, 1.54) is 11.1 Å². The molecule has 1 aliphatic carbocycles. The van der Waals surface area contributed by atoms with E-state index < -0.39 is 11.1 Å². The van der Waals surface area contributed by atoms with Gasteiger partial charge in [0.2, 0.25) is 0 Å². The first kappa shape index (κ1) is 11.8. The third kappa shape index (κ3) is 1.67. The number of rotatable bonds is 2. The largest absolute Gasteiger partial charge is 0.332 e. The van der Waals surface area contributed by atoms with Gasteiger partial charge in [0.25, 0.3) is 0 Å². The summed E-state index contributed by atoms with van der Waals surface area (Å²) in [5.41, 5.74) is -0.964. The minimum absolute atomic E-state index is 0.171. The zero-order chi connectivity index (χ0) is 12.7. The predicted molar refractivity (Wildman–Crippen MR) is 70.1 cm³/mol. The van der Waals surface area contributed by atoms with Crippen molar-refractivity contribution in [2.75, 3.05) is 0 Å². The van der Waals surface area contributed by atoms with Crippen LogP contribution < -0.4 is 11.1 Å². The molecule has 1 aromatic heterocycles. The van der Waals surface area contributed by atoms with Crippen molar-refractivity contribution in [3.05, 3.63) is 33.4 Å². The predicted octanol–water partition coefficient (Wildman–Crippen LogP) is 1.18. The third-order valence-electron chi connectivity index (χ3n) is 3.61. The lowest BCUT2D eigenvalue weighted by Gasteiger charge is -2.24. The normalized spacial score (nSPS) is 25.6. The van der Waals surface area contributed by atoms with Gasteiger partial charge < -0.3 is 0 Å². The number of fused-ring (bicyclic) bond motifs is 3. The minimum Gasteiger partial charge on any atom is -0.277 e. The average Bonchev–Trinajstić information content (AvgIpc) is 2.74. The maximum atomic E-state index is 12.2. The van der Waals surface area contributed by atoms with Crippen molar-refractivity contribution in [2.45, 2.75) is 48.7 Å². The average molecular weight is 265 g/mol. The molecule has 1 aromatic rings. The second-order valence-electron chi connectivity index (χ2n) is 4.74. The van der Waals surface area contributed by atoms with Crippen LogP contribution in [0.2, 0.25) is 0 Å². The molecule has 6 heteroatoms. The molecule has 2 unspecified atom stereocenters. The number of allylic oxidation sites excluding steroid dienone is 1. The Morgan fingerprint density at radius 2 is 2.11 bits per heavy atom. The van der Waals surface area contributed by atoms with E-state index in [0.29, 0.717) is 10.4 Å². The molecule has 2 atom stereocenters. The maximum absolute atomic E-state index is 12.2. The van der Waals surface area contributed by atoms with Crippen molar-refractivity contribution in [1.29, 1.82) is 0 Å². The van der Waals surface area contributed by atoms with Gasteiger partial charge in [0.1, 0.15) is 0 Å². The van der Waals surface area contributed by atoms with Crippen LogP contribution in [0.3, 0.4) is 0 Å². The van der Waals surface area contributed by atoms with Crippen LogP contribution in [0.1, 0.15) is 31.7 Å². The highest BCUT2D eigenvalue weighted by atomic mass is 32.2. The molecule has 1 aliphatic heterocycles. The Morgan fingerprint density at radius 3 is 2.89 bits per heavy atom. The highest BCUT2D eigenvalue weighted by Crippen LogP contribution is 2.44. The third-order valence-corrected chi connectivity index (χ3v) is 4.95. The lowest BCUT2D eigenvalue weighted by molar-refractivity contribution is 0.340. The van der Waals surface area contributed by atoms with Crippen LogP contribution in [0.5, 0.6) is 0 Å². The summed E-state index contributed by atoms with van der Waals surface area (Å²) in [5.74, 6) is 0. The van der Waals surface area contributed by atoms with Gasteiger partial charge in [0.15, 0.2) is 5.16 Å². The molecule has 1 fully saturated rings. The Balaban J connectivity index is 2.14. The highest BCUT2D eigenvalue weighted by Gasteiger charge is 2.37. The van der Waals surface area contributed by atoms with Gasteiger partial charge in [-0.1, -0.05) is 30.7 Å². The summed E-state index contributed by atoms with van der Waals surface area (Å²) < 4.78 is 2.84. The molecule has 5 nitrogen and oxygen atoms in total. The second kappa shape index (κ2) is 4.42. The van der Waals surface area contributed by atoms with Gasteiger partial charge in [-0.15, -0.1) is 11.7 Å². The van der Waals surface area contributed by atoms with Gasteiger partial charge in [-0.05, 0) is 12.8 Å². The van der Waals surface area contributed by atoms with E-state index in [2.05, 4.69) is 11.7 Å². The van der Waals surface area contributed by atoms with E-state index in [4.69, 9.17) is 0 Å². The molecular weight excluding hydrogens is 250 g/mol. The molecule has 0 spiro atoms. The summed E-state index contributed by atoms with van der Waals surface area (Å²) in [6.07, 6.45) is 6.00. The maximum Gasteiger partial charge on any atom is 0.332 e. The van der Waals surface area contributed by atoms with Gasteiger partial charge in [-0.2, -0.15) is 0 Å². The van der Waals surface area contributed by atoms with E-state index in [-0.39, 0.29) is 12.6 Å². The fraction of sp³-hybridized carbons (Fsp3) is 0.583. The van der Waals surface area contributed by atoms with Crippen LogP contribution in [-0.2, 0) is 6.54 Å². The van der Waals surface area contributed by atoms with E-state index in [1.807, 2.05) is 0 Å². The van der Waals surface area contributed by atoms with E-state index in [9.17, 15) is 9.59 Å². The molecule has 0 saturated heterocycles. The molecule has 96 valence electrons. The lowest BCUT2D eigenvalue weighted by atomic mass is 9.95. The first-order valence-electron chi connectivity index (χ1n) is 6.23. The summed E-state index contributed by atoms with van der Waals surface area (Å²) in [7, 11) is 0. The minimum atomic E-state index is -0.537. The zero-order valence-electron chi connectivity index (χ0n) is 10.0. The van der Waals surface area contributed by atoms with Crippen LogP contribution in [0.15, 0.2) is 27.4 Å². The van der Waals surface area contributed by atoms with Crippen LogP contribution in [0.25, 0.3) is 0 Å². The van der Waals surface area contributed by atoms with Crippen molar-refractivity contribution in [2.24, 2.45) is 0 Å². The second-order valence-corrected chi connectivity index (χ2v) is 5.95. The quantitative estimate of drug-likeness (QED) is 0.595. The smallest absolute Gasteiger partial charge is 0.277 e. The Kier molecular flexibility index (Phi) is 2.89. The number of hydrogen-bond acceptors (Lipinski definition) is 4. The first-order valence-corrected chi connectivity index (χ1v) is 7.11. The van der Waals surface area contributed by atoms with Crippen LogP contribution in [0, 0.1) is 0 Å². The summed E-state index contributed by atoms with van der Waals surface area (Å²) in [6.45, 7) is 3.87. The Bertz CT molecular complexity index is 604. The zero-order valence-corrected chi connectivity index (χ0v) is 10.9. The van der Waals surface area contributed by atoms with Crippen LogP contribution >= 0.6 is 11.8 Å². The fourth-order valence-electron chi connectivity index (χ4n) is 2.76. The lowest BCUT2D eigenvalue weighted by Crippen LogP contribution is -2.44. The van der Waals surface area contributed by atoms with Gasteiger partial charge in [0, 0.05) is 5.25 Å². The van der Waals surface area contributed by atoms with Crippen molar-refractivity contribution >= 4 is 11.8 Å². The molecule has 0 N–H and O–H groups in total. The summed E-state index contributed by atoms with van der Waals surface area (Å²) >= 11 is 1.64. The molecule has 0 amide bonds. The molecular formula is C12H15N3O2S. The van der Waals surface area contributed by atoms with Gasteiger partial charge in [0.05, 0.1) is 12.6 Å². The number of thioether (sulfide) groups is 1. The molecule has 18 heavy (non-hydrogen) atoms. The number of aromatic nitrogens is 3. The van der Waals surface area contributed by atoms with Gasteiger partial charge in [-0.3, -0.25) is 14.2 Å². The van der Waals surface area contributed by atoms with E-state index >= 15 is 0 Å². The Hall–Kier alpha value is -1.30. The summed E-state index contributed by atoms with van der Waals surface area (Å²) in [5, 5.41) is 5.39. The standard InChI is InChI=1S/C12H15N3O2S/c1-2-7-14-10(16)11(17)15-8-5-3-4-6-9(8)18-12(15)13-14/h2,8-9H,1,3-7H2. The monoisotopic (exact) mass is 265 g/mol. The Morgan fingerprint density at radius 1 is 1.33 bits per heavy atom. The van der Waals surface area contributed by atoms with E-state index in [0.717, 1.165) is 19.3 Å². The molecule has 2 heterocycles. The molecule has 3 rings (SSSR count). The molecule has 0 bridgehead atoms. The fourth-order valence-corrected chi connectivity index (χ4v) is 4.21. The topological polar surface area (TPSA) is 56.9 Å². The Labute approximate surface area is 109 Å². The molecule has 1 saturated carbocycles. The van der Waals surface area contributed by atoms with Crippen molar-refractivity contribution in [3.63, 3.8) is 0 Å². The van der Waals surface area contributed by atoms with Crippen molar-refractivity contribution in [3.8, 4) is 0 Å². The van der Waals surface area contributed by atoms with E-state index in [1.54, 1.807) is 22.4 Å². The highest BCUT2D eigenvalue weighted by molar-refractivity contribution is 8.00. The van der Waals surface area contributed by atoms with Gasteiger partial charge >= 0.3 is 11.1 Å². The molecule has 0 radical (unpaired) electrons. The van der Waals surface area contributed by atoms with Crippen molar-refractivity contribution in [1.82, 2.24) is 14.3 Å². The SMILES string of the molecule is C=CCn1nc2n(c(=O)c1=O)C1CCCCC1S2.